The number of fused-ring (bicyclic) bond motifs is 1. The molecule has 170 valence electrons. The van der Waals surface area contributed by atoms with Crippen LogP contribution in [-0.2, 0) is 6.18 Å². The Labute approximate surface area is 194 Å². The Bertz CT molecular complexity index is 1460. The predicted molar refractivity (Wildman–Crippen MR) is 124 cm³/mol. The molecule has 0 unspecified atom stereocenters. The van der Waals surface area contributed by atoms with Gasteiger partial charge in [-0.1, -0.05) is 18.2 Å². The minimum absolute atomic E-state index is 0.238. The Kier molecular flexibility index (Phi) is 5.46. The molecule has 7 nitrogen and oxygen atoms in total. The van der Waals surface area contributed by atoms with Crippen molar-refractivity contribution in [2.45, 2.75) is 6.18 Å². The van der Waals surface area contributed by atoms with E-state index in [1.165, 1.54) is 23.5 Å². The summed E-state index contributed by atoms with van der Waals surface area (Å²) in [5.74, 6) is 0.636. The number of hydrogen-bond donors (Lipinski definition) is 2. The zero-order valence-corrected chi connectivity index (χ0v) is 18.1. The molecule has 5 aromatic rings. The van der Waals surface area contributed by atoms with Gasteiger partial charge in [-0.25, -0.2) is 4.79 Å². The third kappa shape index (κ3) is 4.46. The fourth-order valence-electron chi connectivity index (χ4n) is 3.29. The van der Waals surface area contributed by atoms with Crippen LogP contribution in [0.5, 0.6) is 0 Å². The molecule has 0 radical (unpaired) electrons. The summed E-state index contributed by atoms with van der Waals surface area (Å²) in [6, 6.07) is 18.2. The second-order valence-electron chi connectivity index (χ2n) is 7.22. The van der Waals surface area contributed by atoms with Crippen LogP contribution in [-0.4, -0.2) is 25.8 Å². The third-order valence-electron chi connectivity index (χ3n) is 4.89. The highest BCUT2D eigenvalue weighted by molar-refractivity contribution is 7.13. The lowest BCUT2D eigenvalue weighted by Crippen LogP contribution is -2.19. The van der Waals surface area contributed by atoms with Crippen molar-refractivity contribution >= 4 is 34.4 Å². The number of halogens is 3. The van der Waals surface area contributed by atoms with E-state index >= 15 is 0 Å². The van der Waals surface area contributed by atoms with Crippen molar-refractivity contribution in [3.8, 4) is 22.0 Å². The number of benzene rings is 2. The highest BCUT2D eigenvalue weighted by Crippen LogP contribution is 2.30. The predicted octanol–water partition coefficient (Wildman–Crippen LogP) is 6.18. The van der Waals surface area contributed by atoms with Crippen LogP contribution >= 0.6 is 11.3 Å². The first-order valence-corrected chi connectivity index (χ1v) is 10.9. The van der Waals surface area contributed by atoms with E-state index in [9.17, 15) is 18.0 Å². The number of nitrogens with zero attached hydrogens (tertiary/aromatic N) is 4. The van der Waals surface area contributed by atoms with Gasteiger partial charge >= 0.3 is 12.2 Å². The summed E-state index contributed by atoms with van der Waals surface area (Å²) in [5, 5.41) is 20.2. The number of carbonyl (C=O) groups excluding carboxylic acids is 1. The smallest absolute Gasteiger partial charge is 0.308 e. The maximum absolute atomic E-state index is 12.7. The van der Waals surface area contributed by atoms with Crippen molar-refractivity contribution in [2.75, 3.05) is 10.6 Å². The highest BCUT2D eigenvalue weighted by Gasteiger charge is 2.30. The monoisotopic (exact) mass is 480 g/mol. The SMILES string of the molecule is O=C(Nc1ccc(C(F)(F)F)cc1)Nc1cccc(-c2ccc3nnc(-c4cccs4)n3n2)c1. The molecule has 5 rings (SSSR count). The normalized spacial score (nSPS) is 11.5. The molecule has 0 aliphatic heterocycles. The van der Waals surface area contributed by atoms with Crippen molar-refractivity contribution in [1.29, 1.82) is 0 Å². The molecule has 3 heterocycles. The van der Waals surface area contributed by atoms with Gasteiger partial charge in [0.1, 0.15) is 0 Å². The molecule has 0 aliphatic rings. The molecule has 11 heteroatoms. The Hall–Kier alpha value is -4.25. The number of alkyl halides is 3. The molecule has 0 saturated carbocycles. The average Bonchev–Trinajstić information content (AvgIpc) is 3.48. The lowest BCUT2D eigenvalue weighted by atomic mass is 10.1. The number of rotatable bonds is 4. The molecular weight excluding hydrogens is 465 g/mol. The molecule has 0 saturated heterocycles. The Morgan fingerprint density at radius 1 is 0.882 bits per heavy atom. The van der Waals surface area contributed by atoms with E-state index in [2.05, 4.69) is 25.9 Å². The van der Waals surface area contributed by atoms with E-state index in [0.717, 1.165) is 22.6 Å². The third-order valence-corrected chi connectivity index (χ3v) is 5.76. The van der Waals surface area contributed by atoms with E-state index in [4.69, 9.17) is 0 Å². The standard InChI is InChI=1S/C23H15F3N6OS/c24-23(25,26)15-6-8-16(9-7-15)27-22(33)28-17-4-1-3-14(13-17)18-10-11-20-29-30-21(32(20)31-18)19-5-2-12-34-19/h1-13H,(H2,27,28,33). The van der Waals surface area contributed by atoms with Crippen molar-refractivity contribution in [1.82, 2.24) is 19.8 Å². The van der Waals surface area contributed by atoms with Crippen molar-refractivity contribution in [3.63, 3.8) is 0 Å². The van der Waals surface area contributed by atoms with Crippen LogP contribution in [0, 0.1) is 0 Å². The quantitative estimate of drug-likeness (QED) is 0.322. The average molecular weight is 480 g/mol. The second-order valence-corrected chi connectivity index (χ2v) is 8.17. The maximum atomic E-state index is 12.7. The largest absolute Gasteiger partial charge is 0.416 e. The number of aromatic nitrogens is 4. The summed E-state index contributed by atoms with van der Waals surface area (Å²) < 4.78 is 39.8. The number of amides is 2. The molecular formula is C23H15F3N6OS. The molecule has 2 N–H and O–H groups in total. The van der Waals surface area contributed by atoms with Crippen LogP contribution in [0.4, 0.5) is 29.3 Å². The van der Waals surface area contributed by atoms with Gasteiger partial charge in [-0.3, -0.25) is 0 Å². The van der Waals surface area contributed by atoms with Gasteiger partial charge in [0.15, 0.2) is 11.5 Å². The lowest BCUT2D eigenvalue weighted by molar-refractivity contribution is -0.137. The molecule has 0 aliphatic carbocycles. The summed E-state index contributed by atoms with van der Waals surface area (Å²) in [4.78, 5) is 13.3. The fourth-order valence-corrected chi connectivity index (χ4v) is 3.99. The summed E-state index contributed by atoms with van der Waals surface area (Å²) in [5.41, 5.74) is 1.95. The lowest BCUT2D eigenvalue weighted by Gasteiger charge is -2.10. The minimum Gasteiger partial charge on any atom is -0.308 e. The van der Waals surface area contributed by atoms with E-state index < -0.39 is 17.8 Å². The van der Waals surface area contributed by atoms with Gasteiger partial charge in [-0.15, -0.1) is 21.5 Å². The highest BCUT2D eigenvalue weighted by atomic mass is 32.1. The Balaban J connectivity index is 1.34. The Morgan fingerprint density at radius 3 is 2.41 bits per heavy atom. The van der Waals surface area contributed by atoms with Crippen LogP contribution in [0.3, 0.4) is 0 Å². The van der Waals surface area contributed by atoms with E-state index in [1.807, 2.05) is 35.7 Å². The number of hydrogen-bond acceptors (Lipinski definition) is 5. The van der Waals surface area contributed by atoms with Gasteiger partial charge in [0.25, 0.3) is 0 Å². The molecule has 2 aromatic carbocycles. The van der Waals surface area contributed by atoms with Crippen LogP contribution in [0.25, 0.3) is 27.6 Å². The van der Waals surface area contributed by atoms with E-state index in [1.54, 1.807) is 22.7 Å². The first-order valence-electron chi connectivity index (χ1n) is 9.99. The number of urea groups is 1. The van der Waals surface area contributed by atoms with Crippen LogP contribution < -0.4 is 10.6 Å². The molecule has 0 fully saturated rings. The Morgan fingerprint density at radius 2 is 1.68 bits per heavy atom. The number of anilines is 2. The number of nitrogens with one attached hydrogen (secondary N) is 2. The number of thiophene rings is 1. The maximum Gasteiger partial charge on any atom is 0.416 e. The zero-order chi connectivity index (χ0) is 23.7. The van der Waals surface area contributed by atoms with Crippen LogP contribution in [0.15, 0.2) is 78.2 Å². The first kappa shape index (κ1) is 21.6. The van der Waals surface area contributed by atoms with E-state index in [-0.39, 0.29) is 5.69 Å². The van der Waals surface area contributed by atoms with Gasteiger partial charge in [0.05, 0.1) is 16.1 Å². The molecule has 0 bridgehead atoms. The number of carbonyl (C=O) groups is 1. The minimum atomic E-state index is -4.43. The molecule has 0 spiro atoms. The van der Waals surface area contributed by atoms with Gasteiger partial charge < -0.3 is 10.6 Å². The van der Waals surface area contributed by atoms with Gasteiger partial charge in [0, 0.05) is 16.9 Å². The molecule has 0 atom stereocenters. The summed E-state index contributed by atoms with van der Waals surface area (Å²) in [7, 11) is 0. The van der Waals surface area contributed by atoms with Crippen LogP contribution in [0.1, 0.15) is 5.56 Å². The molecule has 34 heavy (non-hydrogen) atoms. The van der Waals surface area contributed by atoms with Gasteiger partial charge in [-0.05, 0) is 60.0 Å². The first-order chi connectivity index (χ1) is 16.4. The van der Waals surface area contributed by atoms with E-state index in [0.29, 0.717) is 22.9 Å². The van der Waals surface area contributed by atoms with Gasteiger partial charge in [0.2, 0.25) is 0 Å². The second kappa shape index (κ2) is 8.60. The molecule has 3 aromatic heterocycles. The summed E-state index contributed by atoms with van der Waals surface area (Å²) in [6.45, 7) is 0. The fraction of sp³-hybridized carbons (Fsp3) is 0.0435. The molecule has 2 amide bonds. The van der Waals surface area contributed by atoms with Crippen molar-refractivity contribution in [2.24, 2.45) is 0 Å². The topological polar surface area (TPSA) is 84.2 Å². The summed E-state index contributed by atoms with van der Waals surface area (Å²) >= 11 is 1.54. The summed E-state index contributed by atoms with van der Waals surface area (Å²) in [6.07, 6.45) is -4.43. The zero-order valence-electron chi connectivity index (χ0n) is 17.2. The van der Waals surface area contributed by atoms with Crippen molar-refractivity contribution < 1.29 is 18.0 Å². The van der Waals surface area contributed by atoms with Gasteiger partial charge in [-0.2, -0.15) is 22.8 Å². The van der Waals surface area contributed by atoms with Crippen molar-refractivity contribution in [3.05, 3.63) is 83.7 Å². The van der Waals surface area contributed by atoms with Crippen LogP contribution in [0.2, 0.25) is 0 Å².